The average Bonchev–Trinajstić information content (AvgIpc) is 2.17. The predicted molar refractivity (Wildman–Crippen MR) is 62.6 cm³/mol. The van der Waals surface area contributed by atoms with Gasteiger partial charge >= 0.3 is 0 Å². The van der Waals surface area contributed by atoms with E-state index in [2.05, 4.69) is 18.8 Å². The van der Waals surface area contributed by atoms with Gasteiger partial charge in [-0.05, 0) is 44.4 Å². The smallest absolute Gasteiger partial charge is 0.250 e. The van der Waals surface area contributed by atoms with E-state index in [9.17, 15) is 4.79 Å². The lowest BCUT2D eigenvalue weighted by molar-refractivity contribution is -0.122. The fourth-order valence-corrected chi connectivity index (χ4v) is 2.30. The van der Waals surface area contributed by atoms with Gasteiger partial charge in [-0.25, -0.2) is 4.99 Å². The molecule has 0 aromatic heterocycles. The van der Waals surface area contributed by atoms with Crippen molar-refractivity contribution in [1.82, 2.24) is 0 Å². The van der Waals surface area contributed by atoms with Crippen LogP contribution < -0.4 is 5.73 Å². The third-order valence-electron chi connectivity index (χ3n) is 3.35. The van der Waals surface area contributed by atoms with E-state index in [1.165, 1.54) is 0 Å². The normalized spacial score (nSPS) is 28.1. The fourth-order valence-electron chi connectivity index (χ4n) is 2.30. The Hall–Kier alpha value is -0.860. The summed E-state index contributed by atoms with van der Waals surface area (Å²) >= 11 is 0. The second-order valence-electron chi connectivity index (χ2n) is 4.95. The summed E-state index contributed by atoms with van der Waals surface area (Å²) in [6.07, 6.45) is 4.29. The molecule has 0 bridgehead atoms. The molecule has 1 rings (SSSR count). The summed E-state index contributed by atoms with van der Waals surface area (Å²) in [5, 5.41) is 0. The molecule has 15 heavy (non-hydrogen) atoms. The molecule has 0 spiro atoms. The third kappa shape index (κ3) is 3.65. The minimum Gasteiger partial charge on any atom is -0.387 e. The van der Waals surface area contributed by atoms with E-state index < -0.39 is 0 Å². The third-order valence-corrected chi connectivity index (χ3v) is 3.35. The zero-order valence-electron chi connectivity index (χ0n) is 9.99. The van der Waals surface area contributed by atoms with Gasteiger partial charge in [-0.3, -0.25) is 4.79 Å². The van der Waals surface area contributed by atoms with Gasteiger partial charge in [0.25, 0.3) is 0 Å². The van der Waals surface area contributed by atoms with Crippen LogP contribution in [0.4, 0.5) is 0 Å². The molecule has 1 aliphatic carbocycles. The van der Waals surface area contributed by atoms with E-state index in [0.29, 0.717) is 5.84 Å². The number of carbonyl (C=O) groups excluding carboxylic acids is 1. The van der Waals surface area contributed by atoms with Gasteiger partial charge in [0.2, 0.25) is 5.91 Å². The van der Waals surface area contributed by atoms with E-state index in [-0.39, 0.29) is 11.8 Å². The monoisotopic (exact) mass is 210 g/mol. The van der Waals surface area contributed by atoms with Gasteiger partial charge in [-0.2, -0.15) is 0 Å². The van der Waals surface area contributed by atoms with Crippen LogP contribution in [0.3, 0.4) is 0 Å². The highest BCUT2D eigenvalue weighted by Crippen LogP contribution is 2.33. The Labute approximate surface area is 92.1 Å². The maximum Gasteiger partial charge on any atom is 0.250 e. The second kappa shape index (κ2) is 5.29. The van der Waals surface area contributed by atoms with Gasteiger partial charge in [0, 0.05) is 5.92 Å². The zero-order chi connectivity index (χ0) is 11.4. The summed E-state index contributed by atoms with van der Waals surface area (Å²) in [4.78, 5) is 15.4. The van der Waals surface area contributed by atoms with Crippen molar-refractivity contribution in [3.63, 3.8) is 0 Å². The predicted octanol–water partition coefficient (Wildman–Crippen LogP) is 2.35. The molecule has 0 aromatic carbocycles. The van der Waals surface area contributed by atoms with Crippen molar-refractivity contribution in [3.05, 3.63) is 0 Å². The average molecular weight is 210 g/mol. The first-order valence-corrected chi connectivity index (χ1v) is 5.85. The minimum atomic E-state index is -0.0165. The lowest BCUT2D eigenvalue weighted by Gasteiger charge is -2.29. The molecular formula is C12H22N2O. The molecule has 0 heterocycles. The number of amidine groups is 1. The van der Waals surface area contributed by atoms with E-state index >= 15 is 0 Å². The van der Waals surface area contributed by atoms with Crippen LogP contribution in [0, 0.1) is 17.8 Å². The molecule has 0 unspecified atom stereocenters. The Morgan fingerprint density at radius 2 is 1.80 bits per heavy atom. The van der Waals surface area contributed by atoms with Crippen molar-refractivity contribution in [2.24, 2.45) is 28.5 Å². The van der Waals surface area contributed by atoms with Crippen molar-refractivity contribution in [2.45, 2.75) is 46.5 Å². The maximum absolute atomic E-state index is 11.6. The Morgan fingerprint density at radius 1 is 1.27 bits per heavy atom. The molecule has 1 amide bonds. The molecule has 0 aliphatic heterocycles. The van der Waals surface area contributed by atoms with E-state index in [1.807, 2.05) is 0 Å². The lowest BCUT2D eigenvalue weighted by Crippen LogP contribution is -2.24. The lowest BCUT2D eigenvalue weighted by atomic mass is 9.77. The van der Waals surface area contributed by atoms with Crippen LogP contribution in [0.25, 0.3) is 0 Å². The van der Waals surface area contributed by atoms with Crippen LogP contribution in [-0.4, -0.2) is 11.7 Å². The summed E-state index contributed by atoms with van der Waals surface area (Å²) in [6.45, 7) is 6.18. The number of aliphatic imine (C=N–C) groups is 1. The van der Waals surface area contributed by atoms with Gasteiger partial charge < -0.3 is 5.73 Å². The zero-order valence-corrected chi connectivity index (χ0v) is 9.99. The van der Waals surface area contributed by atoms with Crippen molar-refractivity contribution >= 4 is 11.7 Å². The molecule has 1 fully saturated rings. The van der Waals surface area contributed by atoms with E-state index in [1.54, 1.807) is 6.92 Å². The molecule has 1 saturated carbocycles. The van der Waals surface area contributed by atoms with Crippen molar-refractivity contribution in [3.8, 4) is 0 Å². The highest BCUT2D eigenvalue weighted by atomic mass is 16.1. The van der Waals surface area contributed by atoms with Gasteiger partial charge in [-0.15, -0.1) is 0 Å². The minimum absolute atomic E-state index is 0.0165. The van der Waals surface area contributed by atoms with Crippen molar-refractivity contribution in [1.29, 1.82) is 0 Å². The molecule has 0 atom stereocenters. The summed E-state index contributed by atoms with van der Waals surface area (Å²) in [7, 11) is 0. The summed E-state index contributed by atoms with van der Waals surface area (Å²) in [6, 6.07) is 0. The molecule has 0 radical (unpaired) electrons. The van der Waals surface area contributed by atoms with Gasteiger partial charge in [-0.1, -0.05) is 13.8 Å². The van der Waals surface area contributed by atoms with E-state index in [0.717, 1.165) is 37.5 Å². The number of nitrogens with zero attached hydrogens (tertiary/aromatic N) is 1. The quantitative estimate of drug-likeness (QED) is 0.562. The van der Waals surface area contributed by atoms with Gasteiger partial charge in [0.15, 0.2) is 0 Å². The first kappa shape index (κ1) is 12.2. The van der Waals surface area contributed by atoms with Crippen LogP contribution in [-0.2, 0) is 4.79 Å². The Morgan fingerprint density at radius 3 is 2.20 bits per heavy atom. The Bertz CT molecular complexity index is 246. The van der Waals surface area contributed by atoms with Gasteiger partial charge in [0.05, 0.1) is 5.84 Å². The molecule has 0 saturated heterocycles. The molecule has 0 aromatic rings. The van der Waals surface area contributed by atoms with E-state index in [4.69, 9.17) is 5.73 Å². The topological polar surface area (TPSA) is 55.4 Å². The number of nitrogens with two attached hydrogens (primary N) is 1. The van der Waals surface area contributed by atoms with Crippen LogP contribution >= 0.6 is 0 Å². The second-order valence-corrected chi connectivity index (χ2v) is 4.95. The molecule has 2 N–H and O–H groups in total. The Kier molecular flexibility index (Phi) is 4.30. The largest absolute Gasteiger partial charge is 0.387 e. The maximum atomic E-state index is 11.6. The SMILES string of the molecule is CC(N)=NC(=O)C1CCC(C(C)C)CC1. The van der Waals surface area contributed by atoms with Gasteiger partial charge in [0.1, 0.15) is 0 Å². The highest BCUT2D eigenvalue weighted by molar-refractivity contribution is 5.93. The van der Waals surface area contributed by atoms with Crippen molar-refractivity contribution in [2.75, 3.05) is 0 Å². The number of carbonyl (C=O) groups is 1. The number of amides is 1. The number of hydrogen-bond donors (Lipinski definition) is 1. The van der Waals surface area contributed by atoms with Crippen LogP contribution in [0.15, 0.2) is 4.99 Å². The number of rotatable bonds is 2. The Balaban J connectivity index is 2.44. The molecule has 86 valence electrons. The first-order valence-electron chi connectivity index (χ1n) is 5.85. The molecule has 3 nitrogen and oxygen atoms in total. The van der Waals surface area contributed by atoms with Crippen LogP contribution in [0.2, 0.25) is 0 Å². The first-order chi connectivity index (χ1) is 7.00. The molecule has 1 aliphatic rings. The van der Waals surface area contributed by atoms with Crippen LogP contribution in [0.5, 0.6) is 0 Å². The highest BCUT2D eigenvalue weighted by Gasteiger charge is 2.27. The standard InChI is InChI=1S/C12H22N2O/c1-8(2)10-4-6-11(7-5-10)12(15)14-9(3)13/h8,10-11H,4-7H2,1-3H3,(H2,13,14,15). The summed E-state index contributed by atoms with van der Waals surface area (Å²) in [5.41, 5.74) is 5.40. The molecule has 3 heteroatoms. The summed E-state index contributed by atoms with van der Waals surface area (Å²) < 4.78 is 0. The van der Waals surface area contributed by atoms with Crippen molar-refractivity contribution < 1.29 is 4.79 Å². The fraction of sp³-hybridized carbons (Fsp3) is 0.833. The summed E-state index contributed by atoms with van der Waals surface area (Å²) in [5.74, 6) is 2.01. The number of hydrogen-bond acceptors (Lipinski definition) is 1. The molecular weight excluding hydrogens is 188 g/mol. The van der Waals surface area contributed by atoms with Crippen LogP contribution in [0.1, 0.15) is 46.5 Å².